The highest BCUT2D eigenvalue weighted by Gasteiger charge is 2.03. The van der Waals surface area contributed by atoms with E-state index in [1.807, 2.05) is 42.1 Å². The Bertz CT molecular complexity index is 751. The summed E-state index contributed by atoms with van der Waals surface area (Å²) in [7, 11) is 1.66. The van der Waals surface area contributed by atoms with Crippen LogP contribution in [0.4, 0.5) is 11.5 Å². The van der Waals surface area contributed by atoms with Crippen molar-refractivity contribution in [1.82, 2.24) is 19.7 Å². The standard InChI is InChI=1S/C16H17N5O/c1-12-7-17-11-18-16(12)20-14-8-19-21(10-14)9-13-3-5-15(22-2)6-4-13/h3-8,10-11H,9H2,1-2H3,(H,17,18,20). The Morgan fingerprint density at radius 2 is 2.00 bits per heavy atom. The third-order valence-corrected chi connectivity index (χ3v) is 3.29. The minimum absolute atomic E-state index is 0.703. The molecule has 0 atom stereocenters. The number of hydrogen-bond acceptors (Lipinski definition) is 5. The first-order chi connectivity index (χ1) is 10.7. The van der Waals surface area contributed by atoms with Crippen molar-refractivity contribution in [2.75, 3.05) is 12.4 Å². The molecule has 0 saturated carbocycles. The van der Waals surface area contributed by atoms with E-state index in [1.165, 1.54) is 6.33 Å². The van der Waals surface area contributed by atoms with Gasteiger partial charge in [-0.2, -0.15) is 5.10 Å². The van der Waals surface area contributed by atoms with E-state index in [0.717, 1.165) is 28.4 Å². The summed E-state index contributed by atoms with van der Waals surface area (Å²) in [5.74, 6) is 1.64. The van der Waals surface area contributed by atoms with Crippen molar-refractivity contribution >= 4 is 11.5 Å². The number of nitrogens with zero attached hydrogens (tertiary/aromatic N) is 4. The van der Waals surface area contributed by atoms with Gasteiger partial charge in [-0.15, -0.1) is 0 Å². The Morgan fingerprint density at radius 3 is 2.73 bits per heavy atom. The summed E-state index contributed by atoms with van der Waals surface area (Å²) >= 11 is 0. The van der Waals surface area contributed by atoms with E-state index in [1.54, 1.807) is 19.5 Å². The lowest BCUT2D eigenvalue weighted by atomic mass is 10.2. The van der Waals surface area contributed by atoms with E-state index in [2.05, 4.69) is 20.4 Å². The number of hydrogen-bond donors (Lipinski definition) is 1. The fourth-order valence-electron chi connectivity index (χ4n) is 2.10. The van der Waals surface area contributed by atoms with Gasteiger partial charge in [-0.25, -0.2) is 9.97 Å². The van der Waals surface area contributed by atoms with Crippen LogP contribution in [0.25, 0.3) is 0 Å². The quantitative estimate of drug-likeness (QED) is 0.784. The molecule has 0 spiro atoms. The van der Waals surface area contributed by atoms with E-state index >= 15 is 0 Å². The van der Waals surface area contributed by atoms with Crippen LogP contribution in [-0.4, -0.2) is 26.9 Å². The first-order valence-corrected chi connectivity index (χ1v) is 6.93. The molecule has 3 rings (SSSR count). The molecule has 0 bridgehead atoms. The average Bonchev–Trinajstić information content (AvgIpc) is 2.97. The van der Waals surface area contributed by atoms with E-state index in [4.69, 9.17) is 4.74 Å². The van der Waals surface area contributed by atoms with Crippen molar-refractivity contribution in [3.63, 3.8) is 0 Å². The highest BCUT2D eigenvalue weighted by Crippen LogP contribution is 2.17. The predicted molar refractivity (Wildman–Crippen MR) is 84.4 cm³/mol. The van der Waals surface area contributed by atoms with E-state index in [0.29, 0.717) is 6.54 Å². The lowest BCUT2D eigenvalue weighted by molar-refractivity contribution is 0.414. The molecule has 0 saturated heterocycles. The maximum absolute atomic E-state index is 5.16. The fourth-order valence-corrected chi connectivity index (χ4v) is 2.10. The number of nitrogens with one attached hydrogen (secondary N) is 1. The van der Waals surface area contributed by atoms with Crippen molar-refractivity contribution < 1.29 is 4.74 Å². The van der Waals surface area contributed by atoms with Gasteiger partial charge in [0.05, 0.1) is 25.5 Å². The summed E-state index contributed by atoms with van der Waals surface area (Å²) in [4.78, 5) is 8.19. The Hall–Kier alpha value is -2.89. The van der Waals surface area contributed by atoms with Gasteiger partial charge in [0.25, 0.3) is 0 Å². The summed E-state index contributed by atoms with van der Waals surface area (Å²) in [5.41, 5.74) is 3.05. The molecule has 0 fully saturated rings. The largest absolute Gasteiger partial charge is 0.497 e. The molecule has 0 aliphatic carbocycles. The zero-order valence-electron chi connectivity index (χ0n) is 12.5. The second kappa shape index (κ2) is 6.26. The molecule has 1 N–H and O–H groups in total. The number of aromatic nitrogens is 4. The summed E-state index contributed by atoms with van der Waals surface area (Å²) in [6.07, 6.45) is 7.03. The lowest BCUT2D eigenvalue weighted by Gasteiger charge is -2.05. The second-order valence-corrected chi connectivity index (χ2v) is 4.95. The maximum Gasteiger partial charge on any atom is 0.136 e. The molecule has 112 valence electrons. The summed E-state index contributed by atoms with van der Waals surface area (Å²) in [6, 6.07) is 7.95. The van der Waals surface area contributed by atoms with E-state index in [-0.39, 0.29) is 0 Å². The van der Waals surface area contributed by atoms with Crippen LogP contribution in [-0.2, 0) is 6.54 Å². The van der Waals surface area contributed by atoms with Gasteiger partial charge in [-0.1, -0.05) is 12.1 Å². The maximum atomic E-state index is 5.16. The predicted octanol–water partition coefficient (Wildman–Crippen LogP) is 2.78. The van der Waals surface area contributed by atoms with Gasteiger partial charge < -0.3 is 10.1 Å². The minimum Gasteiger partial charge on any atom is -0.497 e. The van der Waals surface area contributed by atoms with Gasteiger partial charge in [0, 0.05) is 18.0 Å². The highest BCUT2D eigenvalue weighted by molar-refractivity contribution is 5.56. The van der Waals surface area contributed by atoms with Crippen LogP contribution in [0.3, 0.4) is 0 Å². The normalized spacial score (nSPS) is 10.5. The highest BCUT2D eigenvalue weighted by atomic mass is 16.5. The van der Waals surface area contributed by atoms with Gasteiger partial charge in [-0.3, -0.25) is 4.68 Å². The van der Waals surface area contributed by atoms with Crippen LogP contribution in [0.2, 0.25) is 0 Å². The first kappa shape index (κ1) is 14.1. The van der Waals surface area contributed by atoms with Crippen molar-refractivity contribution in [3.05, 3.63) is 60.3 Å². The molecule has 0 aliphatic heterocycles. The molecule has 0 amide bonds. The second-order valence-electron chi connectivity index (χ2n) is 4.95. The molecule has 2 aromatic heterocycles. The fraction of sp³-hybridized carbons (Fsp3) is 0.188. The molecule has 6 heteroatoms. The summed E-state index contributed by atoms with van der Waals surface area (Å²) in [6.45, 7) is 2.67. The van der Waals surface area contributed by atoms with Crippen LogP contribution in [0.5, 0.6) is 5.75 Å². The molecule has 3 aromatic rings. The molecule has 0 unspecified atom stereocenters. The topological polar surface area (TPSA) is 64.9 Å². The van der Waals surface area contributed by atoms with Gasteiger partial charge in [0.2, 0.25) is 0 Å². The minimum atomic E-state index is 0.703. The van der Waals surface area contributed by atoms with E-state index in [9.17, 15) is 0 Å². The lowest BCUT2D eigenvalue weighted by Crippen LogP contribution is -2.00. The van der Waals surface area contributed by atoms with Gasteiger partial charge >= 0.3 is 0 Å². The van der Waals surface area contributed by atoms with Gasteiger partial charge in [0.15, 0.2) is 0 Å². The van der Waals surface area contributed by atoms with Gasteiger partial charge in [0.1, 0.15) is 17.9 Å². The van der Waals surface area contributed by atoms with Gasteiger partial charge in [-0.05, 0) is 24.6 Å². The molecular weight excluding hydrogens is 278 g/mol. The molecule has 0 radical (unpaired) electrons. The Balaban J connectivity index is 1.69. The number of methoxy groups -OCH3 is 1. The molecule has 0 aliphatic rings. The molecular formula is C16H17N5O. The zero-order valence-corrected chi connectivity index (χ0v) is 12.5. The third-order valence-electron chi connectivity index (χ3n) is 3.29. The van der Waals surface area contributed by atoms with Crippen molar-refractivity contribution in [3.8, 4) is 5.75 Å². The Labute approximate surface area is 128 Å². The number of ether oxygens (including phenoxy) is 1. The van der Waals surface area contributed by atoms with Crippen LogP contribution < -0.4 is 10.1 Å². The van der Waals surface area contributed by atoms with Crippen LogP contribution >= 0.6 is 0 Å². The first-order valence-electron chi connectivity index (χ1n) is 6.93. The summed E-state index contributed by atoms with van der Waals surface area (Å²) < 4.78 is 7.03. The van der Waals surface area contributed by atoms with Crippen LogP contribution in [0.1, 0.15) is 11.1 Å². The number of rotatable bonds is 5. The summed E-state index contributed by atoms with van der Waals surface area (Å²) in [5, 5.41) is 7.60. The monoisotopic (exact) mass is 295 g/mol. The third kappa shape index (κ3) is 3.22. The molecule has 6 nitrogen and oxygen atoms in total. The number of aryl methyl sites for hydroxylation is 1. The van der Waals surface area contributed by atoms with E-state index < -0.39 is 0 Å². The number of benzene rings is 1. The zero-order chi connectivity index (χ0) is 15.4. The van der Waals surface area contributed by atoms with Crippen LogP contribution in [0, 0.1) is 6.92 Å². The molecule has 2 heterocycles. The van der Waals surface area contributed by atoms with Crippen molar-refractivity contribution in [2.24, 2.45) is 0 Å². The smallest absolute Gasteiger partial charge is 0.136 e. The number of anilines is 2. The van der Waals surface area contributed by atoms with Crippen molar-refractivity contribution in [2.45, 2.75) is 13.5 Å². The Kier molecular flexibility index (Phi) is 4.00. The van der Waals surface area contributed by atoms with Crippen molar-refractivity contribution in [1.29, 1.82) is 0 Å². The molecule has 1 aromatic carbocycles. The Morgan fingerprint density at radius 1 is 1.18 bits per heavy atom. The SMILES string of the molecule is COc1ccc(Cn2cc(Nc3ncncc3C)cn2)cc1. The molecule has 22 heavy (non-hydrogen) atoms. The van der Waals surface area contributed by atoms with Crippen LogP contribution in [0.15, 0.2) is 49.2 Å². The average molecular weight is 295 g/mol.